The molecule has 3 rings (SSSR count). The monoisotopic (exact) mass is 269 g/mol. The van der Waals surface area contributed by atoms with Crippen molar-refractivity contribution in [1.29, 1.82) is 0 Å². The van der Waals surface area contributed by atoms with Crippen molar-refractivity contribution in [3.05, 3.63) is 17.7 Å². The first-order chi connectivity index (χ1) is 8.55. The van der Waals surface area contributed by atoms with Crippen LogP contribution in [0.15, 0.2) is 6.20 Å². The van der Waals surface area contributed by atoms with E-state index in [1.165, 1.54) is 5.69 Å². The van der Waals surface area contributed by atoms with E-state index in [1.807, 2.05) is 6.20 Å². The first-order valence-corrected chi connectivity index (χ1v) is 8.37. The quantitative estimate of drug-likeness (QED) is 0.803. The van der Waals surface area contributed by atoms with Gasteiger partial charge < -0.3 is 10.3 Å². The summed E-state index contributed by atoms with van der Waals surface area (Å²) < 4.78 is 25.6. The van der Waals surface area contributed by atoms with Crippen LogP contribution in [0, 0.1) is 0 Å². The fourth-order valence-electron chi connectivity index (χ4n) is 3.05. The minimum absolute atomic E-state index is 0.0581. The highest BCUT2D eigenvalue weighted by atomic mass is 32.2. The van der Waals surface area contributed by atoms with Crippen LogP contribution in [0.5, 0.6) is 0 Å². The number of hydrogen-bond acceptors (Lipinski definition) is 4. The first kappa shape index (κ1) is 12.2. The number of sulfone groups is 1. The zero-order valence-electron chi connectivity index (χ0n) is 10.4. The number of aryl methyl sites for hydroxylation is 1. The Hall–Kier alpha value is -0.880. The summed E-state index contributed by atoms with van der Waals surface area (Å²) in [5.41, 5.74) is 7.20. The normalized spacial score (nSPS) is 30.9. The molecule has 0 aromatic carbocycles. The summed E-state index contributed by atoms with van der Waals surface area (Å²) in [6.45, 7) is 0.779. The Morgan fingerprint density at radius 1 is 1.39 bits per heavy atom. The van der Waals surface area contributed by atoms with E-state index < -0.39 is 9.84 Å². The van der Waals surface area contributed by atoms with E-state index in [0.29, 0.717) is 5.75 Å². The van der Waals surface area contributed by atoms with E-state index in [9.17, 15) is 8.42 Å². The summed E-state index contributed by atoms with van der Waals surface area (Å²) in [5.74, 6) is 1.57. The number of fused-ring (bicyclic) bond motifs is 1. The van der Waals surface area contributed by atoms with Crippen LogP contribution in [-0.2, 0) is 22.8 Å². The topological polar surface area (TPSA) is 78.0 Å². The lowest BCUT2D eigenvalue weighted by molar-refractivity contribution is 0.433. The molecule has 18 heavy (non-hydrogen) atoms. The van der Waals surface area contributed by atoms with Crippen LogP contribution >= 0.6 is 0 Å². The van der Waals surface area contributed by atoms with Crippen LogP contribution in [-0.4, -0.2) is 35.5 Å². The zero-order chi connectivity index (χ0) is 12.8. The van der Waals surface area contributed by atoms with Gasteiger partial charge in [0.05, 0.1) is 11.5 Å². The fourth-order valence-corrected chi connectivity index (χ4v) is 4.75. The molecule has 100 valence electrons. The predicted octanol–water partition coefficient (Wildman–Crippen LogP) is 0.449. The van der Waals surface area contributed by atoms with Crippen LogP contribution in [0.1, 0.15) is 36.7 Å². The summed E-state index contributed by atoms with van der Waals surface area (Å²) in [7, 11) is -2.88. The third-order valence-corrected chi connectivity index (χ3v) is 5.81. The molecule has 1 aromatic rings. The molecule has 1 saturated heterocycles. The van der Waals surface area contributed by atoms with Gasteiger partial charge in [-0.15, -0.1) is 0 Å². The van der Waals surface area contributed by atoms with Crippen molar-refractivity contribution < 1.29 is 8.42 Å². The number of hydrogen-bond donors (Lipinski definition) is 1. The van der Waals surface area contributed by atoms with Crippen molar-refractivity contribution in [2.75, 3.05) is 11.5 Å². The maximum Gasteiger partial charge on any atom is 0.151 e. The Kier molecular flexibility index (Phi) is 2.94. The van der Waals surface area contributed by atoms with Crippen molar-refractivity contribution in [2.45, 2.75) is 44.2 Å². The number of rotatable bonds is 1. The van der Waals surface area contributed by atoms with Crippen LogP contribution in [0.25, 0.3) is 0 Å². The second-order valence-electron chi connectivity index (χ2n) is 5.47. The van der Waals surface area contributed by atoms with Crippen molar-refractivity contribution in [2.24, 2.45) is 5.73 Å². The molecule has 0 amide bonds. The maximum atomic E-state index is 11.7. The molecule has 1 aromatic heterocycles. The lowest BCUT2D eigenvalue weighted by Crippen LogP contribution is -2.34. The molecule has 1 fully saturated rings. The van der Waals surface area contributed by atoms with Crippen molar-refractivity contribution in [3.8, 4) is 0 Å². The third kappa shape index (κ3) is 2.19. The number of imidazole rings is 1. The van der Waals surface area contributed by atoms with Gasteiger partial charge in [0.2, 0.25) is 0 Å². The number of aromatic nitrogens is 2. The van der Waals surface area contributed by atoms with Gasteiger partial charge in [-0.25, -0.2) is 13.4 Å². The summed E-state index contributed by atoms with van der Waals surface area (Å²) in [6, 6.07) is 0.172. The summed E-state index contributed by atoms with van der Waals surface area (Å²) >= 11 is 0. The van der Waals surface area contributed by atoms with E-state index in [1.54, 1.807) is 0 Å². The van der Waals surface area contributed by atoms with Crippen LogP contribution in [0.4, 0.5) is 0 Å². The smallest absolute Gasteiger partial charge is 0.151 e. The molecule has 0 saturated carbocycles. The summed E-state index contributed by atoms with van der Waals surface area (Å²) in [6.07, 6.45) is 5.51. The fraction of sp³-hybridized carbons (Fsp3) is 0.750. The largest absolute Gasteiger partial charge is 0.330 e. The van der Waals surface area contributed by atoms with Gasteiger partial charge >= 0.3 is 0 Å². The highest BCUT2D eigenvalue weighted by Crippen LogP contribution is 2.29. The van der Waals surface area contributed by atoms with E-state index in [0.717, 1.165) is 38.1 Å². The van der Waals surface area contributed by atoms with Gasteiger partial charge in [-0.05, 0) is 25.7 Å². The van der Waals surface area contributed by atoms with Gasteiger partial charge in [0, 0.05) is 30.4 Å². The van der Waals surface area contributed by atoms with E-state index in [2.05, 4.69) is 9.55 Å². The molecule has 0 spiro atoms. The summed E-state index contributed by atoms with van der Waals surface area (Å²) in [5, 5.41) is 0. The molecular weight excluding hydrogens is 250 g/mol. The van der Waals surface area contributed by atoms with Crippen LogP contribution < -0.4 is 5.73 Å². The lowest BCUT2D eigenvalue weighted by atomic mass is 10.0. The molecule has 2 N–H and O–H groups in total. The van der Waals surface area contributed by atoms with Gasteiger partial charge in [0.15, 0.2) is 9.84 Å². The Morgan fingerprint density at radius 3 is 3.00 bits per heavy atom. The minimum atomic E-state index is -2.88. The molecule has 2 unspecified atom stereocenters. The second kappa shape index (κ2) is 4.35. The molecule has 2 aliphatic heterocycles. The number of nitrogens with two attached hydrogens (primary N) is 1. The summed E-state index contributed by atoms with van der Waals surface area (Å²) in [4.78, 5) is 4.46. The molecule has 0 bridgehead atoms. The number of nitrogens with zero attached hydrogens (tertiary/aromatic N) is 2. The Bertz CT molecular complexity index is 550. The second-order valence-corrected chi connectivity index (χ2v) is 7.70. The molecule has 2 atom stereocenters. The minimum Gasteiger partial charge on any atom is -0.330 e. The molecule has 2 aliphatic rings. The van der Waals surface area contributed by atoms with E-state index >= 15 is 0 Å². The highest BCUT2D eigenvalue weighted by Gasteiger charge is 2.30. The first-order valence-electron chi connectivity index (χ1n) is 6.55. The average molecular weight is 269 g/mol. The SMILES string of the molecule is NC1CCc2cnc(C3CCCS(=O)(=O)C3)n2C1. The van der Waals surface area contributed by atoms with Gasteiger partial charge in [0.1, 0.15) is 5.82 Å². The van der Waals surface area contributed by atoms with Crippen LogP contribution in [0.3, 0.4) is 0 Å². The van der Waals surface area contributed by atoms with E-state index in [4.69, 9.17) is 5.73 Å². The van der Waals surface area contributed by atoms with Gasteiger partial charge in [-0.2, -0.15) is 0 Å². The molecule has 0 radical (unpaired) electrons. The van der Waals surface area contributed by atoms with Crippen molar-refractivity contribution in [3.63, 3.8) is 0 Å². The Balaban J connectivity index is 1.91. The van der Waals surface area contributed by atoms with E-state index in [-0.39, 0.29) is 17.7 Å². The predicted molar refractivity (Wildman–Crippen MR) is 69.2 cm³/mol. The zero-order valence-corrected chi connectivity index (χ0v) is 11.2. The standard InChI is InChI=1S/C12H19N3O2S/c13-10-3-4-11-6-14-12(15(11)7-10)9-2-1-5-18(16,17)8-9/h6,9-10H,1-5,7-8,13H2. The van der Waals surface area contributed by atoms with Crippen LogP contribution in [0.2, 0.25) is 0 Å². The molecule has 6 heteroatoms. The molecule has 5 nitrogen and oxygen atoms in total. The van der Waals surface area contributed by atoms with Gasteiger partial charge in [0.25, 0.3) is 0 Å². The molecule has 0 aliphatic carbocycles. The van der Waals surface area contributed by atoms with Crippen molar-refractivity contribution >= 4 is 9.84 Å². The van der Waals surface area contributed by atoms with Crippen molar-refractivity contribution in [1.82, 2.24) is 9.55 Å². The Morgan fingerprint density at radius 2 is 2.22 bits per heavy atom. The molecule has 3 heterocycles. The lowest BCUT2D eigenvalue weighted by Gasteiger charge is -2.27. The van der Waals surface area contributed by atoms with Gasteiger partial charge in [-0.1, -0.05) is 0 Å². The third-order valence-electron chi connectivity index (χ3n) is 3.99. The molecular formula is C12H19N3O2S. The van der Waals surface area contributed by atoms with Gasteiger partial charge in [-0.3, -0.25) is 0 Å². The maximum absolute atomic E-state index is 11.7. The Labute approximate surface area is 107 Å². The average Bonchev–Trinajstić information content (AvgIpc) is 2.70. The highest BCUT2D eigenvalue weighted by molar-refractivity contribution is 7.91.